The standard InChI is InChI=1S/C23H25F3N2O3/c1-4-7-15(13-16(8-5-2)23(24,25)26)22-28-18-9-6-10-19(21(18)31-22)30-17-11-12-27-20(14-17)29-3/h4,7-8,11-14,19H,5-6,9-10H2,1-3H3/b7-4-,15-13+,16-8-. The van der Waals surface area contributed by atoms with Crippen molar-refractivity contribution >= 4 is 5.57 Å². The third-order valence-electron chi connectivity index (χ3n) is 4.75. The summed E-state index contributed by atoms with van der Waals surface area (Å²) in [4.78, 5) is 8.55. The van der Waals surface area contributed by atoms with Gasteiger partial charge in [0, 0.05) is 17.8 Å². The Balaban J connectivity index is 1.95. The maximum Gasteiger partial charge on any atom is 0.416 e. The van der Waals surface area contributed by atoms with E-state index < -0.39 is 17.9 Å². The predicted octanol–water partition coefficient (Wildman–Crippen LogP) is 6.39. The molecule has 0 aliphatic heterocycles. The van der Waals surface area contributed by atoms with E-state index in [9.17, 15) is 13.2 Å². The van der Waals surface area contributed by atoms with Crippen LogP contribution in [-0.4, -0.2) is 23.3 Å². The number of halogens is 3. The smallest absolute Gasteiger partial charge is 0.416 e. The third kappa shape index (κ3) is 5.57. The fourth-order valence-corrected chi connectivity index (χ4v) is 3.36. The average Bonchev–Trinajstić information content (AvgIpc) is 3.17. The van der Waals surface area contributed by atoms with Crippen molar-refractivity contribution in [1.29, 1.82) is 0 Å². The van der Waals surface area contributed by atoms with Crippen molar-refractivity contribution in [2.45, 2.75) is 51.8 Å². The number of alkyl halides is 3. The lowest BCUT2D eigenvalue weighted by Crippen LogP contribution is -2.14. The van der Waals surface area contributed by atoms with E-state index >= 15 is 0 Å². The van der Waals surface area contributed by atoms with Gasteiger partial charge in [-0.1, -0.05) is 25.2 Å². The topological polar surface area (TPSA) is 57.4 Å². The molecule has 1 aliphatic carbocycles. The minimum Gasteiger partial charge on any atom is -0.482 e. The molecule has 0 bridgehead atoms. The number of nitrogens with zero attached hydrogens (tertiary/aromatic N) is 2. The summed E-state index contributed by atoms with van der Waals surface area (Å²) in [5, 5.41) is 0. The number of fused-ring (bicyclic) bond motifs is 1. The van der Waals surface area contributed by atoms with Gasteiger partial charge in [-0.05, 0) is 44.7 Å². The maximum absolute atomic E-state index is 13.4. The Bertz CT molecular complexity index is 990. The first-order valence-corrected chi connectivity index (χ1v) is 10.1. The van der Waals surface area contributed by atoms with Gasteiger partial charge in [0.05, 0.1) is 18.4 Å². The highest BCUT2D eigenvalue weighted by molar-refractivity contribution is 5.71. The zero-order valence-corrected chi connectivity index (χ0v) is 17.7. The summed E-state index contributed by atoms with van der Waals surface area (Å²) in [5.41, 5.74) is 0.241. The van der Waals surface area contributed by atoms with E-state index in [1.54, 1.807) is 44.3 Å². The van der Waals surface area contributed by atoms with E-state index in [0.717, 1.165) is 18.6 Å². The number of allylic oxidation sites excluding steroid dienone is 6. The van der Waals surface area contributed by atoms with Crippen molar-refractivity contribution in [3.05, 3.63) is 65.6 Å². The lowest BCUT2D eigenvalue weighted by atomic mass is 9.99. The minimum atomic E-state index is -4.46. The highest BCUT2D eigenvalue weighted by atomic mass is 19.4. The molecular weight excluding hydrogens is 409 g/mol. The van der Waals surface area contributed by atoms with Crippen molar-refractivity contribution in [3.8, 4) is 11.6 Å². The van der Waals surface area contributed by atoms with Crippen LogP contribution in [0.4, 0.5) is 13.2 Å². The zero-order valence-electron chi connectivity index (χ0n) is 17.7. The van der Waals surface area contributed by atoms with Gasteiger partial charge in [0.2, 0.25) is 11.8 Å². The summed E-state index contributed by atoms with van der Waals surface area (Å²) in [6, 6.07) is 3.38. The second-order valence-electron chi connectivity index (χ2n) is 7.03. The monoisotopic (exact) mass is 434 g/mol. The molecule has 31 heavy (non-hydrogen) atoms. The molecule has 0 radical (unpaired) electrons. The van der Waals surface area contributed by atoms with E-state index in [0.29, 0.717) is 35.9 Å². The van der Waals surface area contributed by atoms with Crippen LogP contribution in [0.15, 0.2) is 52.6 Å². The molecule has 0 saturated heterocycles. The molecule has 2 heterocycles. The van der Waals surface area contributed by atoms with Crippen molar-refractivity contribution in [3.63, 3.8) is 0 Å². The Morgan fingerprint density at radius 3 is 2.84 bits per heavy atom. The number of methoxy groups -OCH3 is 1. The molecule has 166 valence electrons. The number of pyridine rings is 1. The van der Waals surface area contributed by atoms with Crippen LogP contribution >= 0.6 is 0 Å². The minimum absolute atomic E-state index is 0.150. The largest absolute Gasteiger partial charge is 0.482 e. The first-order valence-electron chi connectivity index (χ1n) is 10.1. The number of hydrogen-bond acceptors (Lipinski definition) is 5. The van der Waals surface area contributed by atoms with Crippen molar-refractivity contribution in [2.75, 3.05) is 7.11 Å². The van der Waals surface area contributed by atoms with Gasteiger partial charge in [-0.2, -0.15) is 13.2 Å². The molecule has 8 heteroatoms. The highest BCUT2D eigenvalue weighted by Crippen LogP contribution is 2.37. The molecule has 1 unspecified atom stereocenters. The van der Waals surface area contributed by atoms with Gasteiger partial charge >= 0.3 is 6.18 Å². The van der Waals surface area contributed by atoms with Crippen molar-refractivity contribution in [2.24, 2.45) is 0 Å². The SMILES string of the molecule is C\C=C/C(=C\C(=C\CC)C(F)(F)F)c1nc2c(o1)C(Oc1ccnc(OC)c1)CCC2. The molecule has 5 nitrogen and oxygen atoms in total. The van der Waals surface area contributed by atoms with E-state index in [4.69, 9.17) is 13.9 Å². The third-order valence-corrected chi connectivity index (χ3v) is 4.75. The Morgan fingerprint density at radius 2 is 2.16 bits per heavy atom. The van der Waals surface area contributed by atoms with Gasteiger partial charge in [-0.15, -0.1) is 0 Å². The normalized spacial score (nSPS) is 17.7. The van der Waals surface area contributed by atoms with E-state index in [-0.39, 0.29) is 17.9 Å². The molecule has 1 aliphatic rings. The van der Waals surface area contributed by atoms with Gasteiger partial charge in [0.25, 0.3) is 0 Å². The Labute approximate surface area is 179 Å². The number of oxazole rings is 1. The predicted molar refractivity (Wildman–Crippen MR) is 111 cm³/mol. The lowest BCUT2D eigenvalue weighted by Gasteiger charge is -2.21. The zero-order chi connectivity index (χ0) is 22.4. The quantitative estimate of drug-likeness (QED) is 0.473. The molecule has 0 saturated carbocycles. The number of hydrogen-bond donors (Lipinski definition) is 0. The van der Waals surface area contributed by atoms with Crippen LogP contribution in [0.2, 0.25) is 0 Å². The summed E-state index contributed by atoms with van der Waals surface area (Å²) in [6.45, 7) is 3.39. The van der Waals surface area contributed by atoms with Crippen LogP contribution < -0.4 is 9.47 Å². The second-order valence-corrected chi connectivity index (χ2v) is 7.03. The number of aromatic nitrogens is 2. The highest BCUT2D eigenvalue weighted by Gasteiger charge is 2.33. The van der Waals surface area contributed by atoms with Crippen LogP contribution in [0, 0.1) is 0 Å². The molecule has 3 rings (SSSR count). The summed E-state index contributed by atoms with van der Waals surface area (Å²) in [6.07, 6.45) is 4.66. The Kier molecular flexibility index (Phi) is 7.20. The molecule has 0 aromatic carbocycles. The van der Waals surface area contributed by atoms with Crippen LogP contribution in [0.5, 0.6) is 11.6 Å². The first-order chi connectivity index (χ1) is 14.9. The molecule has 2 aromatic heterocycles. The molecular formula is C23H25F3N2O3. The van der Waals surface area contributed by atoms with Crippen LogP contribution in [0.3, 0.4) is 0 Å². The summed E-state index contributed by atoms with van der Waals surface area (Å²) >= 11 is 0. The molecule has 1 atom stereocenters. The van der Waals surface area contributed by atoms with Gasteiger partial charge in [-0.25, -0.2) is 9.97 Å². The van der Waals surface area contributed by atoms with Crippen LogP contribution in [0.25, 0.3) is 5.57 Å². The van der Waals surface area contributed by atoms with Crippen LogP contribution in [0.1, 0.15) is 56.6 Å². The summed E-state index contributed by atoms with van der Waals surface area (Å²) < 4.78 is 57.3. The maximum atomic E-state index is 13.4. The van der Waals surface area contributed by atoms with Gasteiger partial charge in [0.15, 0.2) is 11.9 Å². The number of aryl methyl sites for hydroxylation is 1. The average molecular weight is 434 g/mol. The molecule has 0 fully saturated rings. The van der Waals surface area contributed by atoms with Crippen LogP contribution in [-0.2, 0) is 6.42 Å². The van der Waals surface area contributed by atoms with Crippen molar-refractivity contribution < 1.29 is 27.1 Å². The van der Waals surface area contributed by atoms with Gasteiger partial charge < -0.3 is 13.9 Å². The lowest BCUT2D eigenvalue weighted by molar-refractivity contribution is -0.0883. The fourth-order valence-electron chi connectivity index (χ4n) is 3.36. The second kappa shape index (κ2) is 9.85. The molecule has 0 spiro atoms. The van der Waals surface area contributed by atoms with Crippen molar-refractivity contribution in [1.82, 2.24) is 9.97 Å². The Hall–Kier alpha value is -3.03. The fraction of sp³-hybridized carbons (Fsp3) is 0.391. The molecule has 0 N–H and O–H groups in total. The molecule has 2 aromatic rings. The van der Waals surface area contributed by atoms with Gasteiger partial charge in [0.1, 0.15) is 5.75 Å². The Morgan fingerprint density at radius 1 is 1.35 bits per heavy atom. The number of rotatable bonds is 7. The summed E-state index contributed by atoms with van der Waals surface area (Å²) in [7, 11) is 1.52. The summed E-state index contributed by atoms with van der Waals surface area (Å²) in [5.74, 6) is 1.68. The molecule has 0 amide bonds. The van der Waals surface area contributed by atoms with E-state index in [1.807, 2.05) is 0 Å². The first kappa shape index (κ1) is 22.7. The van der Waals surface area contributed by atoms with E-state index in [2.05, 4.69) is 9.97 Å². The van der Waals surface area contributed by atoms with Gasteiger partial charge in [-0.3, -0.25) is 0 Å². The van der Waals surface area contributed by atoms with E-state index in [1.165, 1.54) is 7.11 Å². The number of ether oxygens (including phenoxy) is 2.